The number of carbonyl (C=O) groups excluding carboxylic acids is 2. The van der Waals surface area contributed by atoms with E-state index in [0.717, 1.165) is 37.0 Å². The van der Waals surface area contributed by atoms with Gasteiger partial charge in [-0.1, -0.05) is 12.8 Å². The molecule has 0 bridgehead atoms. The molecule has 150 valence electrons. The van der Waals surface area contributed by atoms with Crippen molar-refractivity contribution in [3.63, 3.8) is 0 Å². The van der Waals surface area contributed by atoms with Crippen molar-refractivity contribution in [1.29, 1.82) is 0 Å². The summed E-state index contributed by atoms with van der Waals surface area (Å²) in [6.07, 6.45) is 6.36. The molecule has 28 heavy (non-hydrogen) atoms. The van der Waals surface area contributed by atoms with Crippen LogP contribution in [0.4, 0.5) is 5.00 Å². The van der Waals surface area contributed by atoms with Crippen molar-refractivity contribution < 1.29 is 19.1 Å². The predicted octanol–water partition coefficient (Wildman–Crippen LogP) is 5.23. The number of hydrogen-bond donors (Lipinski definition) is 1. The van der Waals surface area contributed by atoms with E-state index in [-0.39, 0.29) is 11.9 Å². The fourth-order valence-corrected chi connectivity index (χ4v) is 4.74. The van der Waals surface area contributed by atoms with Crippen LogP contribution in [0.1, 0.15) is 70.7 Å². The number of anilines is 1. The smallest absolute Gasteiger partial charge is 0.341 e. The van der Waals surface area contributed by atoms with E-state index in [1.165, 1.54) is 29.1 Å². The van der Waals surface area contributed by atoms with Crippen LogP contribution in [0.5, 0.6) is 5.75 Å². The number of rotatable bonds is 6. The van der Waals surface area contributed by atoms with Gasteiger partial charge in [0.1, 0.15) is 10.8 Å². The highest BCUT2D eigenvalue weighted by Gasteiger charge is 2.26. The van der Waals surface area contributed by atoms with Crippen LogP contribution >= 0.6 is 11.3 Å². The number of fused-ring (bicyclic) bond motifs is 1. The lowest BCUT2D eigenvalue weighted by Crippen LogP contribution is -2.15. The second-order valence-corrected chi connectivity index (χ2v) is 7.86. The van der Waals surface area contributed by atoms with E-state index in [1.807, 2.05) is 6.92 Å². The zero-order valence-electron chi connectivity index (χ0n) is 16.5. The van der Waals surface area contributed by atoms with Gasteiger partial charge in [-0.25, -0.2) is 4.79 Å². The Morgan fingerprint density at radius 1 is 1.00 bits per heavy atom. The minimum Gasteiger partial charge on any atom is -0.494 e. The van der Waals surface area contributed by atoms with Crippen LogP contribution in [0.3, 0.4) is 0 Å². The fraction of sp³-hybridized carbons (Fsp3) is 0.455. The summed E-state index contributed by atoms with van der Waals surface area (Å²) >= 11 is 1.52. The van der Waals surface area contributed by atoms with Crippen molar-refractivity contribution in [2.45, 2.75) is 52.4 Å². The first-order valence-corrected chi connectivity index (χ1v) is 10.8. The van der Waals surface area contributed by atoms with Crippen molar-refractivity contribution in [3.05, 3.63) is 45.8 Å². The summed E-state index contributed by atoms with van der Waals surface area (Å²) in [7, 11) is 0. The maximum absolute atomic E-state index is 12.8. The van der Waals surface area contributed by atoms with Crippen LogP contribution in [-0.4, -0.2) is 25.1 Å². The molecular formula is C22H27NO4S. The van der Waals surface area contributed by atoms with Gasteiger partial charge in [0.25, 0.3) is 5.91 Å². The highest BCUT2D eigenvalue weighted by molar-refractivity contribution is 7.17. The molecular weight excluding hydrogens is 374 g/mol. The number of aryl methyl sites for hydroxylation is 1. The highest BCUT2D eigenvalue weighted by atomic mass is 32.1. The monoisotopic (exact) mass is 401 g/mol. The topological polar surface area (TPSA) is 64.6 Å². The zero-order chi connectivity index (χ0) is 19.9. The van der Waals surface area contributed by atoms with Gasteiger partial charge in [-0.2, -0.15) is 0 Å². The first kappa shape index (κ1) is 20.4. The van der Waals surface area contributed by atoms with E-state index in [1.54, 1.807) is 31.2 Å². The molecule has 1 aliphatic carbocycles. The van der Waals surface area contributed by atoms with Crippen molar-refractivity contribution in [2.75, 3.05) is 18.5 Å². The molecule has 1 amide bonds. The van der Waals surface area contributed by atoms with Crippen molar-refractivity contribution in [3.8, 4) is 5.75 Å². The van der Waals surface area contributed by atoms with Crippen LogP contribution in [0.2, 0.25) is 0 Å². The maximum atomic E-state index is 12.8. The Hall–Kier alpha value is -2.34. The molecule has 3 rings (SSSR count). The van der Waals surface area contributed by atoms with Crippen molar-refractivity contribution >= 4 is 28.2 Å². The lowest BCUT2D eigenvalue weighted by atomic mass is 9.96. The summed E-state index contributed by atoms with van der Waals surface area (Å²) in [6, 6.07) is 7.01. The summed E-state index contributed by atoms with van der Waals surface area (Å²) in [5.74, 6) is 0.149. The summed E-state index contributed by atoms with van der Waals surface area (Å²) in [5.41, 5.74) is 2.13. The Bertz CT molecular complexity index is 826. The molecule has 1 aliphatic rings. The molecule has 0 fully saturated rings. The van der Waals surface area contributed by atoms with Crippen molar-refractivity contribution in [1.82, 2.24) is 0 Å². The minimum atomic E-state index is -0.345. The SMILES string of the molecule is CCOC(=O)c1c(NC(=O)c2ccc(OCC)cc2)sc2c1CCCCCC2. The molecule has 1 aromatic heterocycles. The molecule has 1 aromatic carbocycles. The Morgan fingerprint density at radius 3 is 2.39 bits per heavy atom. The van der Waals surface area contributed by atoms with Gasteiger partial charge in [0.15, 0.2) is 0 Å². The van der Waals surface area contributed by atoms with E-state index in [2.05, 4.69) is 5.32 Å². The molecule has 0 saturated carbocycles. The fourth-order valence-electron chi connectivity index (χ4n) is 3.47. The van der Waals surface area contributed by atoms with Gasteiger partial charge in [-0.05, 0) is 69.4 Å². The van der Waals surface area contributed by atoms with E-state index < -0.39 is 0 Å². The zero-order valence-corrected chi connectivity index (χ0v) is 17.3. The second-order valence-electron chi connectivity index (χ2n) is 6.75. The maximum Gasteiger partial charge on any atom is 0.341 e. The van der Waals surface area contributed by atoms with Gasteiger partial charge in [-0.3, -0.25) is 4.79 Å². The number of hydrogen-bond acceptors (Lipinski definition) is 5. The predicted molar refractivity (Wildman–Crippen MR) is 112 cm³/mol. The molecule has 1 heterocycles. The molecule has 0 saturated heterocycles. The van der Waals surface area contributed by atoms with Crippen LogP contribution in [0.25, 0.3) is 0 Å². The first-order valence-electron chi connectivity index (χ1n) is 9.99. The average molecular weight is 402 g/mol. The standard InChI is InChI=1S/C22H27NO4S/c1-3-26-16-13-11-15(12-14-16)20(24)23-21-19(22(25)27-4-2)17-9-7-5-6-8-10-18(17)28-21/h11-14H,3-10H2,1-2H3,(H,23,24). The third kappa shape index (κ3) is 4.73. The van der Waals surface area contributed by atoms with E-state index in [0.29, 0.717) is 29.3 Å². The Kier molecular flexibility index (Phi) is 7.09. The Labute approximate surface area is 170 Å². The molecule has 2 aromatic rings. The summed E-state index contributed by atoms with van der Waals surface area (Å²) in [6.45, 7) is 4.61. The summed E-state index contributed by atoms with van der Waals surface area (Å²) in [5, 5.41) is 3.55. The van der Waals surface area contributed by atoms with Gasteiger partial charge < -0.3 is 14.8 Å². The molecule has 0 spiro atoms. The third-order valence-electron chi connectivity index (χ3n) is 4.81. The Balaban J connectivity index is 1.88. The minimum absolute atomic E-state index is 0.234. The molecule has 0 aliphatic heterocycles. The molecule has 5 nitrogen and oxygen atoms in total. The Morgan fingerprint density at radius 2 is 1.71 bits per heavy atom. The van der Waals surface area contributed by atoms with E-state index in [9.17, 15) is 9.59 Å². The highest BCUT2D eigenvalue weighted by Crippen LogP contribution is 2.37. The third-order valence-corrected chi connectivity index (χ3v) is 6.01. The van der Waals surface area contributed by atoms with Gasteiger partial charge >= 0.3 is 5.97 Å². The normalized spacial score (nSPS) is 13.8. The molecule has 0 atom stereocenters. The number of nitrogens with one attached hydrogen (secondary N) is 1. The van der Waals surface area contributed by atoms with Crippen LogP contribution in [0, 0.1) is 0 Å². The number of esters is 1. The summed E-state index contributed by atoms with van der Waals surface area (Å²) in [4.78, 5) is 26.6. The summed E-state index contributed by atoms with van der Waals surface area (Å²) < 4.78 is 10.7. The van der Waals surface area contributed by atoms with Gasteiger partial charge in [0.2, 0.25) is 0 Å². The van der Waals surface area contributed by atoms with Crippen LogP contribution in [0.15, 0.2) is 24.3 Å². The lowest BCUT2D eigenvalue weighted by Gasteiger charge is -2.11. The van der Waals surface area contributed by atoms with E-state index in [4.69, 9.17) is 9.47 Å². The molecule has 0 unspecified atom stereocenters. The second kappa shape index (κ2) is 9.73. The number of benzene rings is 1. The number of ether oxygens (including phenoxy) is 2. The van der Waals surface area contributed by atoms with Gasteiger partial charge in [0, 0.05) is 10.4 Å². The number of thiophene rings is 1. The first-order chi connectivity index (χ1) is 13.6. The number of carbonyl (C=O) groups is 2. The van der Waals surface area contributed by atoms with Crippen LogP contribution < -0.4 is 10.1 Å². The van der Waals surface area contributed by atoms with Gasteiger partial charge in [-0.15, -0.1) is 11.3 Å². The van der Waals surface area contributed by atoms with Crippen LogP contribution in [-0.2, 0) is 17.6 Å². The molecule has 6 heteroatoms. The largest absolute Gasteiger partial charge is 0.494 e. The molecule has 1 N–H and O–H groups in total. The number of amides is 1. The lowest BCUT2D eigenvalue weighted by molar-refractivity contribution is 0.0526. The molecule has 0 radical (unpaired) electrons. The van der Waals surface area contributed by atoms with Crippen molar-refractivity contribution in [2.24, 2.45) is 0 Å². The average Bonchev–Trinajstić information content (AvgIpc) is 2.99. The van der Waals surface area contributed by atoms with E-state index >= 15 is 0 Å². The quantitative estimate of drug-likeness (QED) is 0.673. The van der Waals surface area contributed by atoms with Gasteiger partial charge in [0.05, 0.1) is 18.8 Å².